The summed E-state index contributed by atoms with van der Waals surface area (Å²) in [6.45, 7) is 0. The minimum atomic E-state index is -0.872. The van der Waals surface area contributed by atoms with E-state index in [9.17, 15) is 14.0 Å². The van der Waals surface area contributed by atoms with Crippen LogP contribution in [0.5, 0.6) is 5.75 Å². The lowest BCUT2D eigenvalue weighted by Gasteiger charge is -2.15. The summed E-state index contributed by atoms with van der Waals surface area (Å²) in [5, 5.41) is 0. The van der Waals surface area contributed by atoms with Crippen LogP contribution >= 0.6 is 0 Å². The van der Waals surface area contributed by atoms with E-state index in [0.29, 0.717) is 11.4 Å². The Bertz CT molecular complexity index is 670. The van der Waals surface area contributed by atoms with Gasteiger partial charge in [0.25, 0.3) is 5.91 Å². The third-order valence-corrected chi connectivity index (χ3v) is 3.21. The van der Waals surface area contributed by atoms with Crippen molar-refractivity contribution in [1.82, 2.24) is 0 Å². The smallest absolute Gasteiger partial charge is 0.275 e. The van der Waals surface area contributed by atoms with E-state index in [1.54, 1.807) is 30.3 Å². The first-order valence-electron chi connectivity index (χ1n) is 6.49. The standard InChI is InChI=1S/C16H12FNO3/c17-11-6-8-13(9-7-11)21-14-10-15(19)18(16(14)20)12-4-2-1-3-5-12/h1-9,14H,10H2. The van der Waals surface area contributed by atoms with Gasteiger partial charge < -0.3 is 4.74 Å². The molecule has 0 aliphatic carbocycles. The normalized spacial score (nSPS) is 18.1. The Kier molecular flexibility index (Phi) is 3.39. The van der Waals surface area contributed by atoms with Gasteiger partial charge in [0.1, 0.15) is 11.6 Å². The molecule has 21 heavy (non-hydrogen) atoms. The number of ether oxygens (including phenoxy) is 1. The summed E-state index contributed by atoms with van der Waals surface area (Å²) in [5.74, 6) is -0.742. The summed E-state index contributed by atoms with van der Waals surface area (Å²) in [6, 6.07) is 14.0. The molecule has 0 bridgehead atoms. The molecule has 106 valence electrons. The molecule has 0 aromatic heterocycles. The van der Waals surface area contributed by atoms with Gasteiger partial charge in [0.05, 0.1) is 12.1 Å². The number of nitrogens with zero attached hydrogens (tertiary/aromatic N) is 1. The number of anilines is 1. The zero-order chi connectivity index (χ0) is 14.8. The van der Waals surface area contributed by atoms with Crippen molar-refractivity contribution < 1.29 is 18.7 Å². The van der Waals surface area contributed by atoms with Crippen molar-refractivity contribution in [2.45, 2.75) is 12.5 Å². The molecule has 1 heterocycles. The summed E-state index contributed by atoms with van der Waals surface area (Å²) in [4.78, 5) is 25.4. The minimum absolute atomic E-state index is 0.0227. The van der Waals surface area contributed by atoms with Gasteiger partial charge in [-0.1, -0.05) is 18.2 Å². The fourth-order valence-electron chi connectivity index (χ4n) is 2.22. The molecule has 0 spiro atoms. The van der Waals surface area contributed by atoms with Crippen molar-refractivity contribution in [2.24, 2.45) is 0 Å². The first-order chi connectivity index (χ1) is 10.1. The molecule has 1 saturated heterocycles. The van der Waals surface area contributed by atoms with Gasteiger partial charge in [-0.15, -0.1) is 0 Å². The third kappa shape index (κ3) is 2.63. The van der Waals surface area contributed by atoms with Crippen molar-refractivity contribution in [3.05, 3.63) is 60.4 Å². The van der Waals surface area contributed by atoms with E-state index in [-0.39, 0.29) is 18.1 Å². The fourth-order valence-corrected chi connectivity index (χ4v) is 2.22. The quantitative estimate of drug-likeness (QED) is 0.814. The van der Waals surface area contributed by atoms with E-state index in [4.69, 9.17) is 4.74 Å². The molecular formula is C16H12FNO3. The van der Waals surface area contributed by atoms with Crippen molar-refractivity contribution in [3.63, 3.8) is 0 Å². The lowest BCUT2D eigenvalue weighted by molar-refractivity contribution is -0.123. The number of carbonyl (C=O) groups excluding carboxylic acids is 2. The second-order valence-corrected chi connectivity index (χ2v) is 4.67. The highest BCUT2D eigenvalue weighted by molar-refractivity contribution is 6.22. The molecule has 5 heteroatoms. The van der Waals surface area contributed by atoms with Gasteiger partial charge in [0, 0.05) is 0 Å². The highest BCUT2D eigenvalue weighted by atomic mass is 19.1. The molecule has 4 nitrogen and oxygen atoms in total. The molecule has 2 aromatic carbocycles. The zero-order valence-corrected chi connectivity index (χ0v) is 11.0. The Labute approximate surface area is 120 Å². The molecule has 1 unspecified atom stereocenters. The number of para-hydroxylation sites is 1. The number of hydrogen-bond acceptors (Lipinski definition) is 3. The molecule has 1 atom stereocenters. The average molecular weight is 285 g/mol. The van der Waals surface area contributed by atoms with Crippen molar-refractivity contribution in [3.8, 4) is 5.75 Å². The Morgan fingerprint density at radius 3 is 2.33 bits per heavy atom. The van der Waals surface area contributed by atoms with Crippen LogP contribution in [0.1, 0.15) is 6.42 Å². The Morgan fingerprint density at radius 2 is 1.67 bits per heavy atom. The minimum Gasteiger partial charge on any atom is -0.480 e. The predicted molar refractivity (Wildman–Crippen MR) is 74.4 cm³/mol. The van der Waals surface area contributed by atoms with Crippen LogP contribution < -0.4 is 9.64 Å². The summed E-state index contributed by atoms with van der Waals surface area (Å²) in [5.41, 5.74) is 0.526. The van der Waals surface area contributed by atoms with Crippen LogP contribution in [0.2, 0.25) is 0 Å². The maximum atomic E-state index is 12.8. The van der Waals surface area contributed by atoms with Crippen LogP contribution in [0.4, 0.5) is 10.1 Å². The molecule has 0 radical (unpaired) electrons. The molecule has 1 fully saturated rings. The SMILES string of the molecule is O=C1CC(Oc2ccc(F)cc2)C(=O)N1c1ccccc1. The monoisotopic (exact) mass is 285 g/mol. The third-order valence-electron chi connectivity index (χ3n) is 3.21. The van der Waals surface area contributed by atoms with E-state index in [1.165, 1.54) is 24.3 Å². The van der Waals surface area contributed by atoms with Crippen LogP contribution in [-0.2, 0) is 9.59 Å². The van der Waals surface area contributed by atoms with Gasteiger partial charge in [-0.05, 0) is 36.4 Å². The van der Waals surface area contributed by atoms with Crippen LogP contribution in [0.3, 0.4) is 0 Å². The summed E-state index contributed by atoms with van der Waals surface area (Å²) in [6.07, 6.45) is -0.895. The highest BCUT2D eigenvalue weighted by Gasteiger charge is 2.41. The van der Waals surface area contributed by atoms with Crippen molar-refractivity contribution >= 4 is 17.5 Å². The number of amides is 2. The van der Waals surface area contributed by atoms with Gasteiger partial charge in [-0.25, -0.2) is 9.29 Å². The molecule has 2 aromatic rings. The highest BCUT2D eigenvalue weighted by Crippen LogP contribution is 2.25. The zero-order valence-electron chi connectivity index (χ0n) is 11.0. The molecule has 0 saturated carbocycles. The van der Waals surface area contributed by atoms with Crippen molar-refractivity contribution in [2.75, 3.05) is 4.90 Å². The Balaban J connectivity index is 1.79. The number of halogens is 1. The van der Waals surface area contributed by atoms with Crippen LogP contribution in [0, 0.1) is 5.82 Å². The van der Waals surface area contributed by atoms with E-state index < -0.39 is 12.0 Å². The Hall–Kier alpha value is -2.69. The summed E-state index contributed by atoms with van der Waals surface area (Å²) < 4.78 is 18.3. The van der Waals surface area contributed by atoms with Gasteiger partial charge in [-0.3, -0.25) is 9.59 Å². The molecule has 1 aliphatic rings. The molecule has 1 aliphatic heterocycles. The van der Waals surface area contributed by atoms with Gasteiger partial charge >= 0.3 is 0 Å². The Morgan fingerprint density at radius 1 is 1.00 bits per heavy atom. The molecular weight excluding hydrogens is 273 g/mol. The molecule has 0 N–H and O–H groups in total. The van der Waals surface area contributed by atoms with E-state index in [0.717, 1.165) is 4.90 Å². The van der Waals surface area contributed by atoms with Crippen LogP contribution in [0.25, 0.3) is 0 Å². The van der Waals surface area contributed by atoms with Crippen LogP contribution in [0.15, 0.2) is 54.6 Å². The van der Waals surface area contributed by atoms with Gasteiger partial charge in [0.2, 0.25) is 5.91 Å². The number of rotatable bonds is 3. The van der Waals surface area contributed by atoms with E-state index >= 15 is 0 Å². The van der Waals surface area contributed by atoms with Crippen molar-refractivity contribution in [1.29, 1.82) is 0 Å². The maximum absolute atomic E-state index is 12.8. The van der Waals surface area contributed by atoms with Gasteiger partial charge in [0.15, 0.2) is 6.10 Å². The van der Waals surface area contributed by atoms with E-state index in [2.05, 4.69) is 0 Å². The molecule has 2 amide bonds. The van der Waals surface area contributed by atoms with E-state index in [1.807, 2.05) is 0 Å². The summed E-state index contributed by atoms with van der Waals surface area (Å²) in [7, 11) is 0. The lowest BCUT2D eigenvalue weighted by Crippen LogP contribution is -2.33. The first kappa shape index (κ1) is 13.3. The average Bonchev–Trinajstić information content (AvgIpc) is 2.77. The first-order valence-corrected chi connectivity index (χ1v) is 6.49. The number of hydrogen-bond donors (Lipinski definition) is 0. The number of carbonyl (C=O) groups is 2. The largest absolute Gasteiger partial charge is 0.480 e. The second-order valence-electron chi connectivity index (χ2n) is 4.67. The fraction of sp³-hybridized carbons (Fsp3) is 0.125. The second kappa shape index (κ2) is 5.36. The molecule has 3 rings (SSSR count). The maximum Gasteiger partial charge on any atom is 0.275 e. The predicted octanol–water partition coefficient (Wildman–Crippen LogP) is 2.54. The number of imide groups is 1. The van der Waals surface area contributed by atoms with Gasteiger partial charge in [-0.2, -0.15) is 0 Å². The summed E-state index contributed by atoms with van der Waals surface area (Å²) >= 11 is 0. The van der Waals surface area contributed by atoms with Crippen LogP contribution in [-0.4, -0.2) is 17.9 Å². The number of benzene rings is 2. The topological polar surface area (TPSA) is 46.6 Å². The lowest BCUT2D eigenvalue weighted by atomic mass is 10.3.